The van der Waals surface area contributed by atoms with Crippen LogP contribution in [0.1, 0.15) is 6.42 Å². The predicted octanol–water partition coefficient (Wildman–Crippen LogP) is 3.77. The lowest BCUT2D eigenvalue weighted by atomic mass is 9.98. The molecule has 0 amide bonds. The molecule has 0 radical (unpaired) electrons. The number of nitrogens with zero attached hydrogens (tertiary/aromatic N) is 5. The minimum Gasteiger partial charge on any atom is -0.378 e. The van der Waals surface area contributed by atoms with Crippen LogP contribution in [0.25, 0.3) is 17.0 Å². The van der Waals surface area contributed by atoms with Crippen LogP contribution >= 0.6 is 0 Å². The number of hydrogen-bond acceptors (Lipinski definition) is 6. The van der Waals surface area contributed by atoms with Gasteiger partial charge in [-0.15, -0.1) is 15.3 Å². The van der Waals surface area contributed by atoms with Crippen LogP contribution in [0.2, 0.25) is 0 Å². The summed E-state index contributed by atoms with van der Waals surface area (Å²) < 4.78 is 34.5. The summed E-state index contributed by atoms with van der Waals surface area (Å²) >= 11 is 0. The molecule has 1 saturated heterocycles. The van der Waals surface area contributed by atoms with Crippen molar-refractivity contribution in [3.63, 3.8) is 0 Å². The van der Waals surface area contributed by atoms with Crippen molar-refractivity contribution in [2.24, 2.45) is 5.92 Å². The molecule has 2 aromatic heterocycles. The van der Waals surface area contributed by atoms with E-state index in [1.54, 1.807) is 16.6 Å². The summed E-state index contributed by atoms with van der Waals surface area (Å²) in [6.45, 7) is 3.47. The van der Waals surface area contributed by atoms with Gasteiger partial charge in [0.05, 0.1) is 13.2 Å². The number of allylic oxidation sites excluding steroid dienone is 3. The van der Waals surface area contributed by atoms with E-state index in [2.05, 4.69) is 37.6 Å². The second kappa shape index (κ2) is 8.43. The van der Waals surface area contributed by atoms with Crippen LogP contribution < -0.4 is 10.2 Å². The molecule has 3 aromatic rings. The smallest absolute Gasteiger partial charge is 0.185 e. The highest BCUT2D eigenvalue weighted by atomic mass is 19.1. The Morgan fingerprint density at radius 2 is 1.81 bits per heavy atom. The van der Waals surface area contributed by atoms with Crippen molar-refractivity contribution in [3.05, 3.63) is 60.2 Å². The SMILES string of the molecule is FC1=CC=C(F)C(CNc2ccc3nnc(-c4ccc(N5CCOCC5)cc4)n3n2)C1. The Morgan fingerprint density at radius 3 is 2.61 bits per heavy atom. The molecule has 1 aromatic carbocycles. The van der Waals surface area contributed by atoms with Gasteiger partial charge in [0.1, 0.15) is 17.5 Å². The van der Waals surface area contributed by atoms with Gasteiger partial charge in [0, 0.05) is 43.2 Å². The number of aromatic nitrogens is 4. The van der Waals surface area contributed by atoms with Gasteiger partial charge < -0.3 is 15.0 Å². The number of halogens is 2. The van der Waals surface area contributed by atoms with Gasteiger partial charge in [-0.3, -0.25) is 0 Å². The Morgan fingerprint density at radius 1 is 1.00 bits per heavy atom. The maximum atomic E-state index is 13.9. The van der Waals surface area contributed by atoms with Crippen LogP contribution in [0.4, 0.5) is 20.3 Å². The fourth-order valence-corrected chi connectivity index (χ4v) is 3.81. The van der Waals surface area contributed by atoms with Crippen LogP contribution in [0, 0.1) is 5.92 Å². The molecule has 0 spiro atoms. The zero-order chi connectivity index (χ0) is 21.2. The summed E-state index contributed by atoms with van der Waals surface area (Å²) in [7, 11) is 0. The Balaban J connectivity index is 1.34. The maximum absolute atomic E-state index is 13.9. The average Bonchev–Trinajstić information content (AvgIpc) is 3.24. The topological polar surface area (TPSA) is 67.6 Å². The van der Waals surface area contributed by atoms with Crippen molar-refractivity contribution >= 4 is 17.2 Å². The lowest BCUT2D eigenvalue weighted by molar-refractivity contribution is 0.122. The largest absolute Gasteiger partial charge is 0.378 e. The van der Waals surface area contributed by atoms with Crippen LogP contribution in [0.5, 0.6) is 0 Å². The second-order valence-electron chi connectivity index (χ2n) is 7.61. The molecule has 0 saturated carbocycles. The van der Waals surface area contributed by atoms with E-state index in [-0.39, 0.29) is 24.6 Å². The van der Waals surface area contributed by atoms with E-state index in [9.17, 15) is 8.78 Å². The van der Waals surface area contributed by atoms with Crippen molar-refractivity contribution < 1.29 is 13.5 Å². The molecule has 3 heterocycles. The van der Waals surface area contributed by atoms with E-state index >= 15 is 0 Å². The normalized spacial score (nSPS) is 19.3. The van der Waals surface area contributed by atoms with E-state index in [0.29, 0.717) is 17.3 Å². The first kappa shape index (κ1) is 19.6. The van der Waals surface area contributed by atoms with Gasteiger partial charge in [0.25, 0.3) is 0 Å². The molecule has 31 heavy (non-hydrogen) atoms. The van der Waals surface area contributed by atoms with E-state index in [0.717, 1.165) is 37.6 Å². The van der Waals surface area contributed by atoms with Gasteiger partial charge >= 0.3 is 0 Å². The van der Waals surface area contributed by atoms with Crippen LogP contribution in [0.3, 0.4) is 0 Å². The van der Waals surface area contributed by atoms with Crippen LogP contribution in [-0.2, 0) is 4.74 Å². The Bertz CT molecular complexity index is 1130. The zero-order valence-electron chi connectivity index (χ0n) is 16.8. The molecule has 1 fully saturated rings. The van der Waals surface area contributed by atoms with Crippen molar-refractivity contribution in [3.8, 4) is 11.4 Å². The van der Waals surface area contributed by atoms with Crippen molar-refractivity contribution in [2.75, 3.05) is 43.1 Å². The Hall–Kier alpha value is -3.33. The molecule has 1 aliphatic heterocycles. The fourth-order valence-electron chi connectivity index (χ4n) is 3.81. The quantitative estimate of drug-likeness (QED) is 0.673. The Labute approximate surface area is 178 Å². The number of hydrogen-bond donors (Lipinski definition) is 1. The first-order valence-electron chi connectivity index (χ1n) is 10.3. The van der Waals surface area contributed by atoms with E-state index in [1.165, 1.54) is 12.2 Å². The highest BCUT2D eigenvalue weighted by Gasteiger charge is 2.20. The highest BCUT2D eigenvalue weighted by Crippen LogP contribution is 2.27. The summed E-state index contributed by atoms with van der Waals surface area (Å²) in [6.07, 6.45) is 2.40. The first-order valence-corrected chi connectivity index (χ1v) is 10.3. The van der Waals surface area contributed by atoms with Gasteiger partial charge in [-0.05, 0) is 48.6 Å². The van der Waals surface area contributed by atoms with Crippen molar-refractivity contribution in [1.29, 1.82) is 0 Å². The third-order valence-corrected chi connectivity index (χ3v) is 5.55. The lowest BCUT2D eigenvalue weighted by Gasteiger charge is -2.28. The monoisotopic (exact) mass is 424 g/mol. The molecular formula is C22H22F2N6O. The van der Waals surface area contributed by atoms with Gasteiger partial charge in [-0.25, -0.2) is 8.78 Å². The van der Waals surface area contributed by atoms with Crippen LogP contribution in [-0.4, -0.2) is 52.7 Å². The Kier molecular flexibility index (Phi) is 5.33. The molecule has 5 rings (SSSR count). The third kappa shape index (κ3) is 4.13. The lowest BCUT2D eigenvalue weighted by Crippen LogP contribution is -2.36. The van der Waals surface area contributed by atoms with Gasteiger partial charge in [0.15, 0.2) is 11.5 Å². The second-order valence-corrected chi connectivity index (χ2v) is 7.61. The van der Waals surface area contributed by atoms with Crippen LogP contribution in [0.15, 0.2) is 60.2 Å². The molecule has 2 aliphatic rings. The molecule has 9 heteroatoms. The average molecular weight is 424 g/mol. The van der Waals surface area contributed by atoms with Gasteiger partial charge in [-0.1, -0.05) is 0 Å². The summed E-state index contributed by atoms with van der Waals surface area (Å²) in [6, 6.07) is 11.7. The highest BCUT2D eigenvalue weighted by molar-refractivity contribution is 5.63. The first-order chi connectivity index (χ1) is 15.2. The summed E-state index contributed by atoms with van der Waals surface area (Å²) in [4.78, 5) is 2.28. The van der Waals surface area contributed by atoms with E-state index < -0.39 is 5.92 Å². The number of nitrogens with one attached hydrogen (secondary N) is 1. The maximum Gasteiger partial charge on any atom is 0.185 e. The summed E-state index contributed by atoms with van der Waals surface area (Å²) in [5.41, 5.74) is 2.64. The molecule has 1 aliphatic carbocycles. The number of benzene rings is 1. The molecule has 1 N–H and O–H groups in total. The minimum atomic E-state index is -0.546. The zero-order valence-corrected chi connectivity index (χ0v) is 16.8. The van der Waals surface area contributed by atoms with Crippen molar-refractivity contribution in [1.82, 2.24) is 19.8 Å². The molecular weight excluding hydrogens is 402 g/mol. The summed E-state index contributed by atoms with van der Waals surface area (Å²) in [5.74, 6) is -0.0414. The number of rotatable bonds is 5. The van der Waals surface area contributed by atoms with E-state index in [1.807, 2.05) is 12.1 Å². The molecule has 0 bridgehead atoms. The number of morpholine rings is 1. The minimum absolute atomic E-state index is 0.0466. The third-order valence-electron chi connectivity index (χ3n) is 5.55. The summed E-state index contributed by atoms with van der Waals surface area (Å²) in [5, 5.41) is 16.1. The molecule has 1 atom stereocenters. The number of anilines is 2. The number of ether oxygens (including phenoxy) is 1. The fraction of sp³-hybridized carbons (Fsp3) is 0.318. The number of fused-ring (bicyclic) bond motifs is 1. The predicted molar refractivity (Wildman–Crippen MR) is 114 cm³/mol. The molecule has 160 valence electrons. The standard InChI is InChI=1S/C22H22F2N6O/c23-17-3-6-19(24)16(13-17)14-25-20-7-8-21-26-27-22(30(21)28-20)15-1-4-18(5-2-15)29-9-11-31-12-10-29/h1-8,16H,9-14H2,(H,25,28). The molecule has 1 unspecified atom stereocenters. The molecule has 7 nitrogen and oxygen atoms in total. The van der Waals surface area contributed by atoms with Crippen molar-refractivity contribution in [2.45, 2.75) is 6.42 Å². The van der Waals surface area contributed by atoms with E-state index in [4.69, 9.17) is 4.74 Å². The van der Waals surface area contributed by atoms with Gasteiger partial charge in [-0.2, -0.15) is 4.52 Å². The van der Waals surface area contributed by atoms with Gasteiger partial charge in [0.2, 0.25) is 0 Å².